The number of carbonyl (C=O) groups excluding carboxylic acids is 2. The second-order valence-electron chi connectivity index (χ2n) is 5.90. The van der Waals surface area contributed by atoms with Crippen molar-refractivity contribution < 1.29 is 14.3 Å². The Bertz CT molecular complexity index is 554. The van der Waals surface area contributed by atoms with E-state index in [0.29, 0.717) is 13.1 Å². The van der Waals surface area contributed by atoms with Gasteiger partial charge in [-0.05, 0) is 48.8 Å². The Morgan fingerprint density at radius 2 is 1.90 bits per heavy atom. The van der Waals surface area contributed by atoms with Crippen molar-refractivity contribution in [2.24, 2.45) is 0 Å². The minimum Gasteiger partial charge on any atom is -0.444 e. The molecule has 2 rings (SSSR count). The van der Waals surface area contributed by atoms with E-state index < -0.39 is 11.7 Å². The largest absolute Gasteiger partial charge is 0.444 e. The van der Waals surface area contributed by atoms with Gasteiger partial charge >= 0.3 is 6.09 Å². The molecule has 1 aromatic rings. The van der Waals surface area contributed by atoms with Crippen LogP contribution in [-0.2, 0) is 9.53 Å². The average molecular weight is 355 g/mol. The fourth-order valence-electron chi connectivity index (χ4n) is 2.08. The van der Waals surface area contributed by atoms with E-state index in [1.807, 2.05) is 45.0 Å². The van der Waals surface area contributed by atoms with Gasteiger partial charge in [-0.25, -0.2) is 4.79 Å². The maximum absolute atomic E-state index is 12.3. The van der Waals surface area contributed by atoms with Crippen molar-refractivity contribution >= 4 is 33.6 Å². The Hall–Kier alpha value is -1.56. The van der Waals surface area contributed by atoms with Gasteiger partial charge in [0.15, 0.2) is 0 Å². The molecular formula is C15H19BrN2O3. The summed E-state index contributed by atoms with van der Waals surface area (Å²) in [5, 5.41) is 0. The summed E-state index contributed by atoms with van der Waals surface area (Å²) in [4.78, 5) is 27.4. The molecule has 0 bridgehead atoms. The molecule has 2 amide bonds. The van der Waals surface area contributed by atoms with Gasteiger partial charge in [-0.2, -0.15) is 0 Å². The average Bonchev–Trinajstić information content (AvgIpc) is 2.38. The lowest BCUT2D eigenvalue weighted by Gasteiger charge is -2.35. The number of carbonyl (C=O) groups is 2. The van der Waals surface area contributed by atoms with E-state index in [2.05, 4.69) is 15.9 Å². The zero-order valence-electron chi connectivity index (χ0n) is 12.4. The smallest absolute Gasteiger partial charge is 0.410 e. The summed E-state index contributed by atoms with van der Waals surface area (Å²) >= 11 is 3.44. The molecule has 1 aliphatic rings. The Morgan fingerprint density at radius 1 is 1.24 bits per heavy atom. The Labute approximate surface area is 133 Å². The van der Waals surface area contributed by atoms with Crippen LogP contribution in [0.4, 0.5) is 10.5 Å². The van der Waals surface area contributed by atoms with Crippen LogP contribution >= 0.6 is 15.9 Å². The number of amides is 2. The van der Waals surface area contributed by atoms with Crippen LogP contribution in [0.15, 0.2) is 28.7 Å². The van der Waals surface area contributed by atoms with Crippen LogP contribution in [0, 0.1) is 0 Å². The minimum atomic E-state index is -0.556. The van der Waals surface area contributed by atoms with Crippen molar-refractivity contribution in [3.8, 4) is 0 Å². The van der Waals surface area contributed by atoms with Gasteiger partial charge in [0.2, 0.25) is 5.91 Å². The molecule has 21 heavy (non-hydrogen) atoms. The molecular weight excluding hydrogens is 336 g/mol. The number of benzene rings is 1. The van der Waals surface area contributed by atoms with Crippen molar-refractivity contribution in [2.75, 3.05) is 24.5 Å². The van der Waals surface area contributed by atoms with E-state index in [-0.39, 0.29) is 12.5 Å². The van der Waals surface area contributed by atoms with Gasteiger partial charge < -0.3 is 9.64 Å². The highest BCUT2D eigenvalue weighted by Gasteiger charge is 2.31. The number of anilines is 1. The molecule has 5 nitrogen and oxygen atoms in total. The van der Waals surface area contributed by atoms with Crippen molar-refractivity contribution in [2.45, 2.75) is 26.4 Å². The lowest BCUT2D eigenvalue weighted by molar-refractivity contribution is -0.121. The molecule has 1 saturated heterocycles. The van der Waals surface area contributed by atoms with Gasteiger partial charge in [0.1, 0.15) is 12.1 Å². The summed E-state index contributed by atoms with van der Waals surface area (Å²) < 4.78 is 6.16. The molecule has 1 fully saturated rings. The lowest BCUT2D eigenvalue weighted by Crippen LogP contribution is -2.53. The summed E-state index contributed by atoms with van der Waals surface area (Å²) in [5.74, 6) is -0.112. The molecule has 1 aromatic carbocycles. The normalized spacial score (nSPS) is 16.1. The van der Waals surface area contributed by atoms with Crippen LogP contribution in [0.5, 0.6) is 0 Å². The molecule has 0 aromatic heterocycles. The maximum atomic E-state index is 12.3. The van der Waals surface area contributed by atoms with Crippen LogP contribution in [0.2, 0.25) is 0 Å². The highest BCUT2D eigenvalue weighted by atomic mass is 79.9. The number of hydrogen-bond donors (Lipinski definition) is 0. The summed E-state index contributed by atoms with van der Waals surface area (Å²) in [6.07, 6.45) is -0.442. The van der Waals surface area contributed by atoms with E-state index in [4.69, 9.17) is 4.74 Å². The zero-order chi connectivity index (χ0) is 15.6. The standard InChI is InChI=1S/C15H19BrN2O3/c1-15(2,3)21-14(20)17-8-9-18(13(19)10-17)12-7-5-4-6-11(12)16/h4-7H,8-10H2,1-3H3. The van der Waals surface area contributed by atoms with Crippen LogP contribution in [0.25, 0.3) is 0 Å². The predicted octanol–water partition coefficient (Wildman–Crippen LogP) is 3.03. The Morgan fingerprint density at radius 3 is 2.48 bits per heavy atom. The number of nitrogens with zero attached hydrogens (tertiary/aromatic N) is 2. The van der Waals surface area contributed by atoms with Crippen LogP contribution in [0.1, 0.15) is 20.8 Å². The summed E-state index contributed by atoms with van der Waals surface area (Å²) in [6, 6.07) is 7.55. The predicted molar refractivity (Wildman–Crippen MR) is 84.3 cm³/mol. The maximum Gasteiger partial charge on any atom is 0.410 e. The monoisotopic (exact) mass is 354 g/mol. The summed E-state index contributed by atoms with van der Waals surface area (Å²) in [5.41, 5.74) is 0.269. The molecule has 6 heteroatoms. The second kappa shape index (κ2) is 6.05. The molecule has 0 saturated carbocycles. The van der Waals surface area contributed by atoms with E-state index >= 15 is 0 Å². The molecule has 0 spiro atoms. The molecule has 1 heterocycles. The molecule has 1 aliphatic heterocycles. The van der Waals surface area contributed by atoms with Gasteiger partial charge in [0, 0.05) is 17.6 Å². The van der Waals surface area contributed by atoms with Gasteiger partial charge in [-0.3, -0.25) is 9.69 Å². The fraction of sp³-hybridized carbons (Fsp3) is 0.467. The SMILES string of the molecule is CC(C)(C)OC(=O)N1CCN(c2ccccc2Br)C(=O)C1. The first-order valence-corrected chi connectivity index (χ1v) is 7.60. The first-order chi connectivity index (χ1) is 9.78. The number of ether oxygens (including phenoxy) is 1. The third kappa shape index (κ3) is 3.97. The minimum absolute atomic E-state index is 0.0379. The third-order valence-corrected chi connectivity index (χ3v) is 3.69. The highest BCUT2D eigenvalue weighted by Crippen LogP contribution is 2.27. The third-order valence-electron chi connectivity index (χ3n) is 3.02. The molecule has 0 atom stereocenters. The van der Waals surface area contributed by atoms with E-state index in [9.17, 15) is 9.59 Å². The number of rotatable bonds is 1. The highest BCUT2D eigenvalue weighted by molar-refractivity contribution is 9.10. The van der Waals surface area contributed by atoms with E-state index in [1.165, 1.54) is 4.90 Å². The molecule has 0 radical (unpaired) electrons. The first kappa shape index (κ1) is 15.8. The van der Waals surface area contributed by atoms with Crippen LogP contribution in [-0.4, -0.2) is 42.1 Å². The Kier molecular flexibility index (Phi) is 4.56. The molecule has 114 valence electrons. The van der Waals surface area contributed by atoms with Gasteiger partial charge in [0.25, 0.3) is 0 Å². The van der Waals surface area contributed by atoms with Gasteiger partial charge in [-0.1, -0.05) is 12.1 Å². The fourth-order valence-corrected chi connectivity index (χ4v) is 2.58. The van der Waals surface area contributed by atoms with E-state index in [0.717, 1.165) is 10.2 Å². The number of hydrogen-bond acceptors (Lipinski definition) is 3. The van der Waals surface area contributed by atoms with E-state index in [1.54, 1.807) is 4.90 Å². The second-order valence-corrected chi connectivity index (χ2v) is 6.75. The summed E-state index contributed by atoms with van der Waals surface area (Å²) in [7, 11) is 0. The quantitative estimate of drug-likeness (QED) is 0.778. The number of para-hydroxylation sites is 1. The topological polar surface area (TPSA) is 49.9 Å². The van der Waals surface area contributed by atoms with Gasteiger partial charge in [-0.15, -0.1) is 0 Å². The van der Waals surface area contributed by atoms with Gasteiger partial charge in [0.05, 0.1) is 5.69 Å². The van der Waals surface area contributed by atoms with Crippen molar-refractivity contribution in [3.63, 3.8) is 0 Å². The number of halogens is 1. The molecule has 0 aliphatic carbocycles. The molecule has 0 N–H and O–H groups in total. The summed E-state index contributed by atoms with van der Waals surface area (Å²) in [6.45, 7) is 6.39. The zero-order valence-corrected chi connectivity index (χ0v) is 14.0. The van der Waals surface area contributed by atoms with Crippen molar-refractivity contribution in [1.29, 1.82) is 0 Å². The molecule has 0 unspecified atom stereocenters. The van der Waals surface area contributed by atoms with Crippen LogP contribution < -0.4 is 4.90 Å². The number of piperazine rings is 1. The lowest BCUT2D eigenvalue weighted by atomic mass is 10.2. The Balaban J connectivity index is 2.05. The first-order valence-electron chi connectivity index (χ1n) is 6.81. The van der Waals surface area contributed by atoms with Crippen LogP contribution in [0.3, 0.4) is 0 Å². The van der Waals surface area contributed by atoms with Crippen molar-refractivity contribution in [1.82, 2.24) is 4.90 Å². The van der Waals surface area contributed by atoms with Crippen molar-refractivity contribution in [3.05, 3.63) is 28.7 Å².